The van der Waals surface area contributed by atoms with E-state index in [1.54, 1.807) is 0 Å². The number of benzene rings is 1. The Kier molecular flexibility index (Phi) is 3.33. The zero-order valence-electron chi connectivity index (χ0n) is 9.94. The lowest BCUT2D eigenvalue weighted by Gasteiger charge is -2.05. The Morgan fingerprint density at radius 2 is 2.11 bits per heavy atom. The third-order valence-electron chi connectivity index (χ3n) is 2.64. The Morgan fingerprint density at radius 3 is 2.68 bits per heavy atom. The van der Waals surface area contributed by atoms with Gasteiger partial charge in [-0.2, -0.15) is 0 Å². The van der Waals surface area contributed by atoms with Gasteiger partial charge in [-0.15, -0.1) is 0 Å². The van der Waals surface area contributed by atoms with E-state index in [4.69, 9.17) is 9.84 Å². The summed E-state index contributed by atoms with van der Waals surface area (Å²) < 4.78 is 18.3. The number of carbonyl (C=O) groups is 1. The summed E-state index contributed by atoms with van der Waals surface area (Å²) in [6.07, 6.45) is 2.42. The monoisotopic (exact) mass is 263 g/mol. The summed E-state index contributed by atoms with van der Waals surface area (Å²) in [4.78, 5) is 25.3. The van der Waals surface area contributed by atoms with Crippen LogP contribution in [0.1, 0.15) is 10.4 Å². The summed E-state index contributed by atoms with van der Waals surface area (Å²) in [6.45, 7) is 0. The molecule has 2 rings (SSSR count). The number of rotatable bonds is 3. The van der Waals surface area contributed by atoms with E-state index in [1.807, 2.05) is 0 Å². The van der Waals surface area contributed by atoms with Gasteiger partial charge in [0.15, 0.2) is 11.6 Å². The fourth-order valence-corrected chi connectivity index (χ4v) is 1.69. The first-order chi connectivity index (χ1) is 9.04. The predicted octanol–water partition coefficient (Wildman–Crippen LogP) is 1.89. The summed E-state index contributed by atoms with van der Waals surface area (Å²) in [6, 6.07) is 3.98. The molecule has 98 valence electrons. The summed E-state index contributed by atoms with van der Waals surface area (Å²) >= 11 is 0. The number of H-pyrrole nitrogens is 1. The minimum atomic E-state index is -1.34. The smallest absolute Gasteiger partial charge is 0.341 e. The van der Waals surface area contributed by atoms with E-state index in [0.29, 0.717) is 0 Å². The quantitative estimate of drug-likeness (QED) is 0.886. The maximum atomic E-state index is 13.6. The minimum absolute atomic E-state index is 0.0505. The van der Waals surface area contributed by atoms with Crippen LogP contribution in [0, 0.1) is 5.82 Å². The maximum absolute atomic E-state index is 13.6. The van der Waals surface area contributed by atoms with Crippen LogP contribution in [0.3, 0.4) is 0 Å². The predicted molar refractivity (Wildman–Crippen MR) is 66.0 cm³/mol. The highest BCUT2D eigenvalue weighted by Crippen LogP contribution is 2.23. The first-order valence-corrected chi connectivity index (χ1v) is 5.33. The molecule has 0 saturated carbocycles. The van der Waals surface area contributed by atoms with Crippen molar-refractivity contribution in [3.8, 4) is 16.9 Å². The van der Waals surface area contributed by atoms with Gasteiger partial charge in [0.2, 0.25) is 5.43 Å². The number of hydrogen-bond acceptors (Lipinski definition) is 3. The molecule has 0 bridgehead atoms. The van der Waals surface area contributed by atoms with Crippen LogP contribution in [0.15, 0.2) is 35.4 Å². The Morgan fingerprint density at radius 1 is 1.37 bits per heavy atom. The lowest BCUT2D eigenvalue weighted by molar-refractivity contribution is 0.0695. The van der Waals surface area contributed by atoms with E-state index in [9.17, 15) is 14.0 Å². The molecule has 0 atom stereocenters. The molecule has 0 saturated heterocycles. The van der Waals surface area contributed by atoms with Crippen molar-refractivity contribution in [2.24, 2.45) is 0 Å². The number of carboxylic acid groups (broad SMARTS) is 1. The van der Waals surface area contributed by atoms with E-state index < -0.39 is 22.8 Å². The Balaban J connectivity index is 2.60. The number of methoxy groups -OCH3 is 1. The second-order valence-electron chi connectivity index (χ2n) is 3.77. The standard InChI is InChI=1S/C13H10FNO4/c1-19-11-3-2-7(4-10(11)14)8-5-15-6-9(12(8)16)13(17)18/h2-6H,1H3,(H,15,16)(H,17,18). The molecule has 0 amide bonds. The summed E-state index contributed by atoms with van der Waals surface area (Å²) in [5.41, 5.74) is -0.700. The normalized spacial score (nSPS) is 10.2. The highest BCUT2D eigenvalue weighted by atomic mass is 19.1. The molecule has 1 aromatic carbocycles. The van der Waals surface area contributed by atoms with Gasteiger partial charge in [0.25, 0.3) is 0 Å². The zero-order chi connectivity index (χ0) is 14.0. The molecule has 0 unspecified atom stereocenters. The van der Waals surface area contributed by atoms with Gasteiger partial charge < -0.3 is 14.8 Å². The molecular formula is C13H10FNO4. The number of aromatic nitrogens is 1. The lowest BCUT2D eigenvalue weighted by atomic mass is 10.0. The van der Waals surface area contributed by atoms with Gasteiger partial charge in [0, 0.05) is 18.0 Å². The molecule has 2 N–H and O–H groups in total. The van der Waals surface area contributed by atoms with Gasteiger partial charge >= 0.3 is 5.97 Å². The van der Waals surface area contributed by atoms with E-state index in [1.165, 1.54) is 25.4 Å². The van der Waals surface area contributed by atoms with Crippen LogP contribution < -0.4 is 10.2 Å². The third-order valence-corrected chi connectivity index (χ3v) is 2.64. The molecule has 0 aliphatic rings. The maximum Gasteiger partial charge on any atom is 0.341 e. The Bertz CT molecular complexity index is 693. The highest BCUT2D eigenvalue weighted by molar-refractivity contribution is 5.88. The number of aromatic amines is 1. The van der Waals surface area contributed by atoms with Gasteiger partial charge in [0.05, 0.1) is 7.11 Å². The lowest BCUT2D eigenvalue weighted by Crippen LogP contribution is -2.16. The number of carboxylic acids is 1. The number of aromatic carboxylic acids is 1. The average Bonchev–Trinajstić information content (AvgIpc) is 2.38. The van der Waals surface area contributed by atoms with Crippen LogP contribution >= 0.6 is 0 Å². The molecule has 0 aliphatic carbocycles. The molecule has 0 radical (unpaired) electrons. The first kappa shape index (κ1) is 12.8. The Hall–Kier alpha value is -2.63. The summed E-state index contributed by atoms with van der Waals surface area (Å²) in [5.74, 6) is -1.91. The van der Waals surface area contributed by atoms with Crippen molar-refractivity contribution in [1.29, 1.82) is 0 Å². The van der Waals surface area contributed by atoms with E-state index in [0.717, 1.165) is 12.3 Å². The largest absolute Gasteiger partial charge is 0.494 e. The van der Waals surface area contributed by atoms with Gasteiger partial charge in [-0.05, 0) is 17.7 Å². The Labute approximate surface area is 107 Å². The van der Waals surface area contributed by atoms with Gasteiger partial charge in [-0.25, -0.2) is 9.18 Å². The number of ether oxygens (including phenoxy) is 1. The minimum Gasteiger partial charge on any atom is -0.494 e. The summed E-state index contributed by atoms with van der Waals surface area (Å²) in [5, 5.41) is 8.86. The topological polar surface area (TPSA) is 79.4 Å². The van der Waals surface area contributed by atoms with Crippen molar-refractivity contribution in [2.45, 2.75) is 0 Å². The van der Waals surface area contributed by atoms with Crippen molar-refractivity contribution in [3.63, 3.8) is 0 Å². The second-order valence-corrected chi connectivity index (χ2v) is 3.77. The molecule has 0 aliphatic heterocycles. The van der Waals surface area contributed by atoms with Crippen LogP contribution in [0.2, 0.25) is 0 Å². The second kappa shape index (κ2) is 4.93. The molecule has 19 heavy (non-hydrogen) atoms. The van der Waals surface area contributed by atoms with Crippen molar-refractivity contribution < 1.29 is 19.0 Å². The fraction of sp³-hybridized carbons (Fsp3) is 0.0769. The average molecular weight is 263 g/mol. The van der Waals surface area contributed by atoms with Crippen LogP contribution in [-0.2, 0) is 0 Å². The van der Waals surface area contributed by atoms with Crippen molar-refractivity contribution >= 4 is 5.97 Å². The van der Waals surface area contributed by atoms with E-state index in [2.05, 4.69) is 4.98 Å². The third kappa shape index (κ3) is 2.33. The molecular weight excluding hydrogens is 253 g/mol. The van der Waals surface area contributed by atoms with Crippen LogP contribution in [0.25, 0.3) is 11.1 Å². The van der Waals surface area contributed by atoms with Crippen molar-refractivity contribution in [1.82, 2.24) is 4.98 Å². The molecule has 0 fully saturated rings. The SMILES string of the molecule is COc1ccc(-c2c[nH]cc(C(=O)O)c2=O)cc1F. The van der Waals surface area contributed by atoms with Crippen molar-refractivity contribution in [3.05, 3.63) is 52.2 Å². The molecule has 5 nitrogen and oxygen atoms in total. The molecule has 6 heteroatoms. The molecule has 1 heterocycles. The molecule has 0 spiro atoms. The highest BCUT2D eigenvalue weighted by Gasteiger charge is 2.14. The fourth-order valence-electron chi connectivity index (χ4n) is 1.69. The van der Waals surface area contributed by atoms with Crippen LogP contribution in [0.4, 0.5) is 4.39 Å². The van der Waals surface area contributed by atoms with Crippen LogP contribution in [-0.4, -0.2) is 23.2 Å². The van der Waals surface area contributed by atoms with Gasteiger partial charge in [-0.3, -0.25) is 4.79 Å². The molecule has 1 aromatic heterocycles. The van der Waals surface area contributed by atoms with Gasteiger partial charge in [-0.1, -0.05) is 6.07 Å². The van der Waals surface area contributed by atoms with Crippen LogP contribution in [0.5, 0.6) is 5.75 Å². The summed E-state index contributed by atoms with van der Waals surface area (Å²) in [7, 11) is 1.33. The number of halogens is 1. The van der Waals surface area contributed by atoms with Gasteiger partial charge in [0.1, 0.15) is 5.56 Å². The van der Waals surface area contributed by atoms with Crippen molar-refractivity contribution in [2.75, 3.05) is 7.11 Å². The number of hydrogen-bond donors (Lipinski definition) is 2. The molecule has 2 aromatic rings. The number of nitrogens with one attached hydrogen (secondary N) is 1. The first-order valence-electron chi connectivity index (χ1n) is 5.33. The number of pyridine rings is 1. The van der Waals surface area contributed by atoms with E-state index >= 15 is 0 Å². The zero-order valence-corrected chi connectivity index (χ0v) is 9.94. The van der Waals surface area contributed by atoms with E-state index in [-0.39, 0.29) is 16.9 Å².